The Labute approximate surface area is 182 Å². The summed E-state index contributed by atoms with van der Waals surface area (Å²) in [4.78, 5) is 13.7. The Kier molecular flexibility index (Phi) is 4.29. The number of hydrogen-bond donors (Lipinski definition) is 2. The van der Waals surface area contributed by atoms with E-state index in [1.807, 2.05) is 24.3 Å². The Balaban J connectivity index is 1.34. The highest BCUT2D eigenvalue weighted by Gasteiger charge is 2.37. The molecule has 8 heteroatoms. The van der Waals surface area contributed by atoms with Gasteiger partial charge in [-0.15, -0.1) is 0 Å². The highest BCUT2D eigenvalue weighted by Crippen LogP contribution is 2.32. The molecule has 5 heterocycles. The van der Waals surface area contributed by atoms with Crippen molar-refractivity contribution in [1.29, 1.82) is 0 Å². The standard InChI is InChI=1S/C24H20F2N6/c25-24(26)4-6-32(14-24)13-15-7-18(11-28-10-15)16-1-2-20-19(8-16)23(31-30-20)21-9-17-3-5-27-12-22(17)29-21/h1-3,5,7-12,29H,4,6,13-14H2,(H,30,31). The minimum atomic E-state index is -2.59. The van der Waals surface area contributed by atoms with Crippen molar-refractivity contribution in [3.63, 3.8) is 0 Å². The van der Waals surface area contributed by atoms with Crippen LogP contribution in [0, 0.1) is 0 Å². The second-order valence-electron chi connectivity index (χ2n) is 8.38. The smallest absolute Gasteiger partial charge is 0.261 e. The van der Waals surface area contributed by atoms with Gasteiger partial charge in [-0.05, 0) is 41.5 Å². The van der Waals surface area contributed by atoms with E-state index in [-0.39, 0.29) is 13.0 Å². The summed E-state index contributed by atoms with van der Waals surface area (Å²) < 4.78 is 27.1. The number of likely N-dealkylation sites (tertiary alicyclic amines) is 1. The molecule has 6 nitrogen and oxygen atoms in total. The second kappa shape index (κ2) is 7.20. The van der Waals surface area contributed by atoms with Crippen molar-refractivity contribution < 1.29 is 8.78 Å². The lowest BCUT2D eigenvalue weighted by atomic mass is 10.0. The van der Waals surface area contributed by atoms with Crippen LogP contribution in [0.25, 0.3) is 44.3 Å². The molecule has 0 spiro atoms. The molecule has 6 rings (SSSR count). The van der Waals surface area contributed by atoms with E-state index < -0.39 is 5.92 Å². The number of benzene rings is 1. The molecule has 0 atom stereocenters. The molecule has 0 aliphatic carbocycles. The number of rotatable bonds is 4. The Bertz CT molecular complexity index is 1400. The molecule has 1 aromatic carbocycles. The van der Waals surface area contributed by atoms with Crippen LogP contribution in [0.3, 0.4) is 0 Å². The fourth-order valence-corrected chi connectivity index (χ4v) is 4.43. The molecule has 0 amide bonds. The van der Waals surface area contributed by atoms with Crippen molar-refractivity contribution >= 4 is 21.8 Å². The fourth-order valence-electron chi connectivity index (χ4n) is 4.43. The zero-order chi connectivity index (χ0) is 21.7. The first-order chi connectivity index (χ1) is 15.5. The van der Waals surface area contributed by atoms with Gasteiger partial charge < -0.3 is 4.98 Å². The van der Waals surface area contributed by atoms with Crippen molar-refractivity contribution in [2.45, 2.75) is 18.9 Å². The Morgan fingerprint density at radius 2 is 1.91 bits per heavy atom. The van der Waals surface area contributed by atoms with Crippen molar-refractivity contribution in [3.8, 4) is 22.5 Å². The first-order valence-corrected chi connectivity index (χ1v) is 10.5. The van der Waals surface area contributed by atoms with Crippen LogP contribution < -0.4 is 0 Å². The SMILES string of the molecule is FC1(F)CCN(Cc2cncc(-c3ccc4[nH]nc(-c5cc6ccncc6[nH]5)c4c3)c2)C1. The minimum absolute atomic E-state index is 0.0795. The molecular weight excluding hydrogens is 410 g/mol. The summed E-state index contributed by atoms with van der Waals surface area (Å²) in [5.74, 6) is -2.59. The van der Waals surface area contributed by atoms with Gasteiger partial charge in [0.25, 0.3) is 5.92 Å². The lowest BCUT2D eigenvalue weighted by molar-refractivity contribution is 0.0115. The highest BCUT2D eigenvalue weighted by molar-refractivity contribution is 5.97. The van der Waals surface area contributed by atoms with Crippen molar-refractivity contribution in [2.24, 2.45) is 0 Å². The van der Waals surface area contributed by atoms with Gasteiger partial charge in [0.2, 0.25) is 0 Å². The van der Waals surface area contributed by atoms with Gasteiger partial charge in [0.05, 0.1) is 29.5 Å². The summed E-state index contributed by atoms with van der Waals surface area (Å²) in [6, 6.07) is 12.2. The molecular formula is C24H20F2N6. The summed E-state index contributed by atoms with van der Waals surface area (Å²) in [6.45, 7) is 0.682. The van der Waals surface area contributed by atoms with E-state index in [0.29, 0.717) is 13.1 Å². The zero-order valence-corrected chi connectivity index (χ0v) is 17.1. The number of aromatic nitrogens is 5. The summed E-state index contributed by atoms with van der Waals surface area (Å²) >= 11 is 0. The van der Waals surface area contributed by atoms with Crippen LogP contribution in [0.1, 0.15) is 12.0 Å². The summed E-state index contributed by atoms with van der Waals surface area (Å²) in [7, 11) is 0. The molecule has 2 N–H and O–H groups in total. The van der Waals surface area contributed by atoms with Gasteiger partial charge in [0.1, 0.15) is 5.69 Å². The van der Waals surface area contributed by atoms with Crippen LogP contribution in [-0.2, 0) is 6.54 Å². The van der Waals surface area contributed by atoms with E-state index in [2.05, 4.69) is 37.3 Å². The molecule has 4 aromatic heterocycles. The van der Waals surface area contributed by atoms with E-state index in [1.54, 1.807) is 29.7 Å². The van der Waals surface area contributed by atoms with Crippen LogP contribution in [0.4, 0.5) is 8.78 Å². The molecule has 0 saturated carbocycles. The lowest BCUT2D eigenvalue weighted by Crippen LogP contribution is -2.24. The predicted octanol–water partition coefficient (Wildman–Crippen LogP) is 5.01. The quantitative estimate of drug-likeness (QED) is 0.420. The minimum Gasteiger partial charge on any atom is -0.352 e. The monoisotopic (exact) mass is 430 g/mol. The molecule has 32 heavy (non-hydrogen) atoms. The Hall–Kier alpha value is -3.65. The van der Waals surface area contributed by atoms with E-state index >= 15 is 0 Å². The van der Waals surface area contributed by atoms with Crippen LogP contribution in [0.15, 0.2) is 61.2 Å². The highest BCUT2D eigenvalue weighted by atomic mass is 19.3. The summed E-state index contributed by atoms with van der Waals surface area (Å²) in [5.41, 5.74) is 6.51. The third-order valence-electron chi connectivity index (χ3n) is 6.03. The van der Waals surface area contributed by atoms with Gasteiger partial charge in [-0.25, -0.2) is 8.78 Å². The van der Waals surface area contributed by atoms with Gasteiger partial charge in [-0.2, -0.15) is 5.10 Å². The number of nitrogens with zero attached hydrogens (tertiary/aromatic N) is 4. The topological polar surface area (TPSA) is 73.5 Å². The van der Waals surface area contributed by atoms with Crippen molar-refractivity contribution in [3.05, 3.63) is 66.7 Å². The van der Waals surface area contributed by atoms with E-state index in [4.69, 9.17) is 0 Å². The average Bonchev–Trinajstić information content (AvgIpc) is 3.49. The molecule has 0 radical (unpaired) electrons. The van der Waals surface area contributed by atoms with Crippen LogP contribution in [0.5, 0.6) is 0 Å². The number of pyridine rings is 2. The van der Waals surface area contributed by atoms with Crippen LogP contribution in [0.2, 0.25) is 0 Å². The maximum absolute atomic E-state index is 13.5. The number of hydrogen-bond acceptors (Lipinski definition) is 4. The van der Waals surface area contributed by atoms with Gasteiger partial charge in [0, 0.05) is 54.4 Å². The molecule has 1 aliphatic rings. The fraction of sp³-hybridized carbons (Fsp3) is 0.208. The Morgan fingerprint density at radius 3 is 2.75 bits per heavy atom. The molecule has 1 saturated heterocycles. The predicted molar refractivity (Wildman–Crippen MR) is 119 cm³/mol. The lowest BCUT2D eigenvalue weighted by Gasteiger charge is -2.15. The maximum atomic E-state index is 13.5. The van der Waals surface area contributed by atoms with Crippen molar-refractivity contribution in [2.75, 3.05) is 13.1 Å². The third kappa shape index (κ3) is 3.42. The number of H-pyrrole nitrogens is 2. The number of fused-ring (bicyclic) bond motifs is 2. The average molecular weight is 430 g/mol. The molecule has 0 bridgehead atoms. The molecule has 1 fully saturated rings. The van der Waals surface area contributed by atoms with Gasteiger partial charge in [-0.1, -0.05) is 6.07 Å². The van der Waals surface area contributed by atoms with Crippen molar-refractivity contribution in [1.82, 2.24) is 30.0 Å². The molecule has 1 aliphatic heterocycles. The normalized spacial score (nSPS) is 16.3. The number of aromatic amines is 2. The molecule has 0 unspecified atom stereocenters. The zero-order valence-electron chi connectivity index (χ0n) is 17.1. The number of alkyl halides is 2. The van der Waals surface area contributed by atoms with Gasteiger partial charge >= 0.3 is 0 Å². The van der Waals surface area contributed by atoms with Gasteiger partial charge in [-0.3, -0.25) is 20.0 Å². The van der Waals surface area contributed by atoms with Crippen LogP contribution >= 0.6 is 0 Å². The molecule has 160 valence electrons. The van der Waals surface area contributed by atoms with Crippen LogP contribution in [-0.4, -0.2) is 49.1 Å². The van der Waals surface area contributed by atoms with E-state index in [1.165, 1.54) is 0 Å². The number of nitrogens with one attached hydrogen (secondary N) is 2. The van der Waals surface area contributed by atoms with Gasteiger partial charge in [0.15, 0.2) is 0 Å². The first-order valence-electron chi connectivity index (χ1n) is 10.5. The second-order valence-corrected chi connectivity index (χ2v) is 8.38. The number of halogens is 2. The first kappa shape index (κ1) is 19.1. The van der Waals surface area contributed by atoms with E-state index in [0.717, 1.165) is 49.9 Å². The largest absolute Gasteiger partial charge is 0.352 e. The molecule has 5 aromatic rings. The Morgan fingerprint density at radius 1 is 0.969 bits per heavy atom. The van der Waals surface area contributed by atoms with E-state index in [9.17, 15) is 8.78 Å². The summed E-state index contributed by atoms with van der Waals surface area (Å²) in [5, 5.41) is 9.69. The summed E-state index contributed by atoms with van der Waals surface area (Å²) in [6.07, 6.45) is 7.04. The maximum Gasteiger partial charge on any atom is 0.261 e. The third-order valence-corrected chi connectivity index (χ3v) is 6.03.